The zero-order chi connectivity index (χ0) is 11.8. The standard InChI is InChI=1S/C12H13NO2S/c1-2-10-3-5-11(6-4-10)16(14,15)12(9-13)7-8-12/h3-6H,2,7-8H2,1H3. The van der Waals surface area contributed by atoms with Gasteiger partial charge in [-0.2, -0.15) is 5.26 Å². The summed E-state index contributed by atoms with van der Waals surface area (Å²) in [6.45, 7) is 2.02. The average Bonchev–Trinajstić information content (AvgIpc) is 3.10. The molecule has 1 aromatic carbocycles. The molecule has 1 aromatic rings. The average molecular weight is 235 g/mol. The lowest BCUT2D eigenvalue weighted by Gasteiger charge is -2.08. The summed E-state index contributed by atoms with van der Waals surface area (Å²) in [7, 11) is -3.46. The first-order chi connectivity index (χ1) is 7.55. The molecule has 0 spiro atoms. The van der Waals surface area contributed by atoms with Crippen LogP contribution in [0.2, 0.25) is 0 Å². The Labute approximate surface area is 95.6 Å². The maximum absolute atomic E-state index is 12.1. The van der Waals surface area contributed by atoms with Crippen molar-refractivity contribution in [3.05, 3.63) is 29.8 Å². The fourth-order valence-electron chi connectivity index (χ4n) is 1.68. The largest absolute Gasteiger partial charge is 0.222 e. The predicted molar refractivity (Wildman–Crippen MR) is 60.6 cm³/mol. The lowest BCUT2D eigenvalue weighted by atomic mass is 10.2. The Balaban J connectivity index is 2.42. The summed E-state index contributed by atoms with van der Waals surface area (Å²) in [6.07, 6.45) is 1.80. The number of rotatable bonds is 3. The monoisotopic (exact) mass is 235 g/mol. The topological polar surface area (TPSA) is 57.9 Å². The van der Waals surface area contributed by atoms with E-state index < -0.39 is 14.6 Å². The van der Waals surface area contributed by atoms with Gasteiger partial charge < -0.3 is 0 Å². The van der Waals surface area contributed by atoms with Gasteiger partial charge in [0.2, 0.25) is 0 Å². The minimum absolute atomic E-state index is 0.267. The second-order valence-electron chi connectivity index (χ2n) is 4.11. The number of hydrogen-bond donors (Lipinski definition) is 0. The zero-order valence-electron chi connectivity index (χ0n) is 9.10. The first kappa shape index (κ1) is 11.2. The molecular weight excluding hydrogens is 222 g/mol. The number of benzene rings is 1. The molecule has 0 atom stereocenters. The summed E-state index contributed by atoms with van der Waals surface area (Å²) in [6, 6.07) is 8.75. The van der Waals surface area contributed by atoms with Crippen molar-refractivity contribution < 1.29 is 8.42 Å². The maximum atomic E-state index is 12.1. The molecule has 3 nitrogen and oxygen atoms in total. The number of hydrogen-bond acceptors (Lipinski definition) is 3. The molecule has 4 heteroatoms. The Hall–Kier alpha value is -1.34. The molecule has 0 heterocycles. The van der Waals surface area contributed by atoms with Crippen LogP contribution in [0.15, 0.2) is 29.2 Å². The van der Waals surface area contributed by atoms with Gasteiger partial charge in [-0.1, -0.05) is 19.1 Å². The Kier molecular flexibility index (Phi) is 2.51. The Bertz CT molecular complexity index is 533. The number of nitriles is 1. The van der Waals surface area contributed by atoms with Crippen molar-refractivity contribution in [2.75, 3.05) is 0 Å². The van der Waals surface area contributed by atoms with E-state index >= 15 is 0 Å². The number of nitrogens with zero attached hydrogens (tertiary/aromatic N) is 1. The fourth-order valence-corrected chi connectivity index (χ4v) is 3.39. The van der Waals surface area contributed by atoms with Crippen molar-refractivity contribution in [3.63, 3.8) is 0 Å². The molecule has 0 unspecified atom stereocenters. The third-order valence-electron chi connectivity index (χ3n) is 3.06. The molecule has 0 aromatic heterocycles. The SMILES string of the molecule is CCc1ccc(S(=O)(=O)C2(C#N)CC2)cc1. The molecule has 0 N–H and O–H groups in total. The van der Waals surface area contributed by atoms with Crippen molar-refractivity contribution in [1.82, 2.24) is 0 Å². The van der Waals surface area contributed by atoms with Gasteiger partial charge in [0.1, 0.15) is 0 Å². The Morgan fingerprint density at radius 2 is 1.88 bits per heavy atom. The van der Waals surface area contributed by atoms with Crippen LogP contribution >= 0.6 is 0 Å². The van der Waals surface area contributed by atoms with Gasteiger partial charge in [0, 0.05) is 0 Å². The number of aryl methyl sites for hydroxylation is 1. The molecule has 1 saturated carbocycles. The number of sulfone groups is 1. The van der Waals surface area contributed by atoms with E-state index in [-0.39, 0.29) is 4.90 Å². The second kappa shape index (κ2) is 3.60. The molecule has 0 saturated heterocycles. The molecule has 1 fully saturated rings. The first-order valence-corrected chi connectivity index (χ1v) is 6.79. The summed E-state index contributed by atoms with van der Waals surface area (Å²) < 4.78 is 23.1. The highest BCUT2D eigenvalue weighted by molar-refractivity contribution is 7.93. The van der Waals surface area contributed by atoms with Crippen LogP contribution in [0.25, 0.3) is 0 Å². The minimum atomic E-state index is -3.46. The van der Waals surface area contributed by atoms with Crippen molar-refractivity contribution in [3.8, 4) is 6.07 Å². The van der Waals surface area contributed by atoms with Crippen LogP contribution in [-0.4, -0.2) is 13.2 Å². The lowest BCUT2D eigenvalue weighted by molar-refractivity contribution is 0.588. The van der Waals surface area contributed by atoms with Gasteiger partial charge in [0.25, 0.3) is 0 Å². The van der Waals surface area contributed by atoms with Crippen molar-refractivity contribution >= 4 is 9.84 Å². The van der Waals surface area contributed by atoms with E-state index in [0.717, 1.165) is 12.0 Å². The van der Waals surface area contributed by atoms with Crippen LogP contribution in [0.1, 0.15) is 25.3 Å². The van der Waals surface area contributed by atoms with Crippen LogP contribution in [0.5, 0.6) is 0 Å². The van der Waals surface area contributed by atoms with Crippen molar-refractivity contribution in [2.24, 2.45) is 0 Å². The van der Waals surface area contributed by atoms with Crippen LogP contribution in [0.3, 0.4) is 0 Å². The van der Waals surface area contributed by atoms with Crippen LogP contribution in [0.4, 0.5) is 0 Å². The summed E-state index contributed by atoms with van der Waals surface area (Å²) in [5.41, 5.74) is 1.10. The van der Waals surface area contributed by atoms with Gasteiger partial charge in [-0.15, -0.1) is 0 Å². The molecule has 16 heavy (non-hydrogen) atoms. The second-order valence-corrected chi connectivity index (χ2v) is 6.37. The van der Waals surface area contributed by atoms with E-state index in [1.54, 1.807) is 24.3 Å². The Morgan fingerprint density at radius 1 is 1.31 bits per heavy atom. The molecular formula is C12H13NO2S. The van der Waals surface area contributed by atoms with Gasteiger partial charge in [0.05, 0.1) is 11.0 Å². The fraction of sp³-hybridized carbons (Fsp3) is 0.417. The molecule has 1 aliphatic rings. The van der Waals surface area contributed by atoms with Gasteiger partial charge in [0.15, 0.2) is 14.6 Å². The predicted octanol–water partition coefficient (Wildman–Crippen LogP) is 2.08. The van der Waals surface area contributed by atoms with Crippen LogP contribution in [0, 0.1) is 11.3 Å². The highest BCUT2D eigenvalue weighted by atomic mass is 32.2. The van der Waals surface area contributed by atoms with Crippen molar-refractivity contribution in [2.45, 2.75) is 35.8 Å². The van der Waals surface area contributed by atoms with E-state index in [1.165, 1.54) is 0 Å². The molecule has 0 amide bonds. The Morgan fingerprint density at radius 3 is 2.25 bits per heavy atom. The summed E-state index contributed by atoms with van der Waals surface area (Å²) in [5, 5.41) is 8.93. The van der Waals surface area contributed by atoms with Gasteiger partial charge in [-0.25, -0.2) is 8.42 Å². The molecule has 1 aliphatic carbocycles. The normalized spacial score (nSPS) is 17.8. The van der Waals surface area contributed by atoms with E-state index in [1.807, 2.05) is 13.0 Å². The lowest BCUT2D eigenvalue weighted by Crippen LogP contribution is -2.21. The highest BCUT2D eigenvalue weighted by Gasteiger charge is 2.55. The van der Waals surface area contributed by atoms with Crippen molar-refractivity contribution in [1.29, 1.82) is 5.26 Å². The highest BCUT2D eigenvalue weighted by Crippen LogP contribution is 2.46. The van der Waals surface area contributed by atoms with E-state index in [4.69, 9.17) is 5.26 Å². The van der Waals surface area contributed by atoms with E-state index in [0.29, 0.717) is 12.8 Å². The van der Waals surface area contributed by atoms with E-state index in [2.05, 4.69) is 0 Å². The third kappa shape index (κ3) is 1.52. The first-order valence-electron chi connectivity index (χ1n) is 5.30. The summed E-state index contributed by atoms with van der Waals surface area (Å²) in [4.78, 5) is 0.267. The maximum Gasteiger partial charge on any atom is 0.197 e. The van der Waals surface area contributed by atoms with Gasteiger partial charge in [-0.05, 0) is 37.0 Å². The molecule has 0 aliphatic heterocycles. The third-order valence-corrected chi connectivity index (χ3v) is 5.49. The quantitative estimate of drug-likeness (QED) is 0.806. The zero-order valence-corrected chi connectivity index (χ0v) is 9.92. The summed E-state index contributed by atoms with van der Waals surface area (Å²) in [5.74, 6) is 0. The van der Waals surface area contributed by atoms with Gasteiger partial charge in [-0.3, -0.25) is 0 Å². The van der Waals surface area contributed by atoms with Crippen LogP contribution < -0.4 is 0 Å². The van der Waals surface area contributed by atoms with E-state index in [9.17, 15) is 8.42 Å². The molecule has 84 valence electrons. The van der Waals surface area contributed by atoms with Gasteiger partial charge >= 0.3 is 0 Å². The minimum Gasteiger partial charge on any atom is -0.222 e. The van der Waals surface area contributed by atoms with Crippen LogP contribution in [-0.2, 0) is 16.3 Å². The molecule has 2 rings (SSSR count). The summed E-state index contributed by atoms with van der Waals surface area (Å²) >= 11 is 0. The molecule has 0 bridgehead atoms. The molecule has 0 radical (unpaired) electrons. The smallest absolute Gasteiger partial charge is 0.197 e.